The molecule has 0 aliphatic carbocycles. The van der Waals surface area contributed by atoms with Gasteiger partial charge in [-0.25, -0.2) is 0 Å². The minimum atomic E-state index is 0.620. The molecule has 16 heavy (non-hydrogen) atoms. The van der Waals surface area contributed by atoms with Crippen molar-refractivity contribution >= 4 is 12.2 Å². The van der Waals surface area contributed by atoms with Crippen molar-refractivity contribution in [2.75, 3.05) is 0 Å². The molecule has 1 N–H and O–H groups in total. The minimum Gasteiger partial charge on any atom is -0.271 e. The number of pyridine rings is 1. The van der Waals surface area contributed by atoms with Crippen molar-refractivity contribution in [3.63, 3.8) is 0 Å². The highest BCUT2D eigenvalue weighted by atomic mass is 32.1. The van der Waals surface area contributed by atoms with E-state index in [0.29, 0.717) is 4.77 Å². The fraction of sp³-hybridized carbons (Fsp3) is 0.364. The fourth-order valence-corrected chi connectivity index (χ4v) is 1.84. The first kappa shape index (κ1) is 11.0. The number of hydrogen-bond acceptors (Lipinski definition) is 3. The van der Waals surface area contributed by atoms with Crippen LogP contribution in [0.25, 0.3) is 5.69 Å². The highest BCUT2D eigenvalue weighted by Crippen LogP contribution is 2.11. The summed E-state index contributed by atoms with van der Waals surface area (Å²) in [7, 11) is 0. The monoisotopic (exact) mass is 234 g/mol. The summed E-state index contributed by atoms with van der Waals surface area (Å²) in [5, 5.41) is 7.05. The Balaban J connectivity index is 2.50. The second-order valence-electron chi connectivity index (χ2n) is 3.69. The Morgan fingerprint density at radius 1 is 1.44 bits per heavy atom. The third kappa shape index (κ3) is 2.04. The molecule has 0 amide bonds. The van der Waals surface area contributed by atoms with Gasteiger partial charge in [-0.3, -0.25) is 14.6 Å². The van der Waals surface area contributed by atoms with E-state index in [1.165, 1.54) is 0 Å². The molecule has 0 bridgehead atoms. The van der Waals surface area contributed by atoms with Gasteiger partial charge in [0.15, 0.2) is 4.77 Å². The maximum Gasteiger partial charge on any atom is 0.199 e. The second-order valence-corrected chi connectivity index (χ2v) is 4.07. The highest BCUT2D eigenvalue weighted by molar-refractivity contribution is 7.71. The zero-order valence-corrected chi connectivity index (χ0v) is 10.2. The molecule has 84 valence electrons. The number of hydrogen-bond donors (Lipinski definition) is 1. The normalized spacial score (nSPS) is 10.6. The van der Waals surface area contributed by atoms with E-state index in [4.69, 9.17) is 12.2 Å². The van der Waals surface area contributed by atoms with Crippen LogP contribution in [0, 0.1) is 11.7 Å². The zero-order chi connectivity index (χ0) is 11.5. The average molecular weight is 234 g/mol. The average Bonchev–Trinajstić information content (AvgIpc) is 2.62. The fourth-order valence-electron chi connectivity index (χ4n) is 1.58. The van der Waals surface area contributed by atoms with Gasteiger partial charge in [-0.05, 0) is 37.7 Å². The molecule has 2 aromatic heterocycles. The lowest BCUT2D eigenvalue weighted by Crippen LogP contribution is -2.02. The van der Waals surface area contributed by atoms with Crippen molar-refractivity contribution in [3.05, 3.63) is 34.6 Å². The molecule has 5 heteroatoms. The van der Waals surface area contributed by atoms with Crippen molar-refractivity contribution in [1.82, 2.24) is 19.7 Å². The molecule has 2 aromatic rings. The molecule has 2 heterocycles. The van der Waals surface area contributed by atoms with Crippen molar-refractivity contribution < 1.29 is 0 Å². The Hall–Kier alpha value is -1.49. The van der Waals surface area contributed by atoms with Crippen LogP contribution in [0.2, 0.25) is 0 Å². The first-order chi connectivity index (χ1) is 7.72. The molecular weight excluding hydrogens is 220 g/mol. The van der Waals surface area contributed by atoms with Crippen LogP contribution < -0.4 is 0 Å². The largest absolute Gasteiger partial charge is 0.271 e. The Labute approximate surface area is 99.4 Å². The Morgan fingerprint density at radius 3 is 2.88 bits per heavy atom. The standard InChI is InChI=1S/C11H14N4S/c1-3-4-10-13-14-11(16)15(10)9-6-5-8(2)12-7-9/h5-7H,3-4H2,1-2H3,(H,14,16). The zero-order valence-electron chi connectivity index (χ0n) is 9.40. The van der Waals surface area contributed by atoms with E-state index in [1.54, 1.807) is 0 Å². The number of H-pyrrole nitrogens is 1. The smallest absolute Gasteiger partial charge is 0.199 e. The van der Waals surface area contributed by atoms with Crippen LogP contribution in [0.3, 0.4) is 0 Å². The number of aromatic amines is 1. The Morgan fingerprint density at radius 2 is 2.25 bits per heavy atom. The molecule has 0 atom stereocenters. The summed E-state index contributed by atoms with van der Waals surface area (Å²) in [6.45, 7) is 4.08. The van der Waals surface area contributed by atoms with Crippen LogP contribution in [0.4, 0.5) is 0 Å². The molecule has 4 nitrogen and oxygen atoms in total. The van der Waals surface area contributed by atoms with Gasteiger partial charge in [0.25, 0.3) is 0 Å². The summed E-state index contributed by atoms with van der Waals surface area (Å²) in [5.74, 6) is 0.957. The van der Waals surface area contributed by atoms with Crippen LogP contribution >= 0.6 is 12.2 Å². The van der Waals surface area contributed by atoms with Gasteiger partial charge in [0.05, 0.1) is 11.9 Å². The predicted octanol–water partition coefficient (Wildman–Crippen LogP) is 2.59. The highest BCUT2D eigenvalue weighted by Gasteiger charge is 2.07. The number of aryl methyl sites for hydroxylation is 2. The van der Waals surface area contributed by atoms with Gasteiger partial charge < -0.3 is 0 Å². The van der Waals surface area contributed by atoms with Gasteiger partial charge in [0.2, 0.25) is 0 Å². The molecule has 0 aliphatic rings. The second kappa shape index (κ2) is 4.57. The van der Waals surface area contributed by atoms with E-state index >= 15 is 0 Å². The molecule has 0 spiro atoms. The van der Waals surface area contributed by atoms with E-state index in [-0.39, 0.29) is 0 Å². The lowest BCUT2D eigenvalue weighted by molar-refractivity contribution is 0.799. The van der Waals surface area contributed by atoms with Crippen molar-refractivity contribution in [1.29, 1.82) is 0 Å². The predicted molar refractivity (Wildman–Crippen MR) is 65.3 cm³/mol. The van der Waals surface area contributed by atoms with Crippen LogP contribution in [-0.4, -0.2) is 19.7 Å². The lowest BCUT2D eigenvalue weighted by Gasteiger charge is -2.05. The first-order valence-corrected chi connectivity index (χ1v) is 5.72. The van der Waals surface area contributed by atoms with Gasteiger partial charge in [-0.15, -0.1) is 0 Å². The summed E-state index contributed by atoms with van der Waals surface area (Å²) in [4.78, 5) is 4.27. The molecular formula is C11H14N4S. The summed E-state index contributed by atoms with van der Waals surface area (Å²) in [6, 6.07) is 3.98. The van der Waals surface area contributed by atoms with Gasteiger partial charge in [0, 0.05) is 12.1 Å². The third-order valence-corrected chi connectivity index (χ3v) is 2.64. The van der Waals surface area contributed by atoms with Crippen molar-refractivity contribution in [3.8, 4) is 5.69 Å². The molecule has 0 saturated carbocycles. The van der Waals surface area contributed by atoms with Gasteiger partial charge in [0.1, 0.15) is 5.82 Å². The summed E-state index contributed by atoms with van der Waals surface area (Å²) < 4.78 is 2.56. The van der Waals surface area contributed by atoms with E-state index in [2.05, 4.69) is 22.1 Å². The Kier molecular flexibility index (Phi) is 3.14. The minimum absolute atomic E-state index is 0.620. The van der Waals surface area contributed by atoms with E-state index in [0.717, 1.165) is 30.0 Å². The van der Waals surface area contributed by atoms with Crippen LogP contribution in [0.1, 0.15) is 24.9 Å². The topological polar surface area (TPSA) is 46.5 Å². The van der Waals surface area contributed by atoms with Crippen LogP contribution in [0.15, 0.2) is 18.3 Å². The van der Waals surface area contributed by atoms with Gasteiger partial charge >= 0.3 is 0 Å². The Bertz CT molecular complexity index is 524. The molecule has 0 saturated heterocycles. The van der Waals surface area contributed by atoms with E-state index in [1.807, 2.05) is 29.8 Å². The summed E-state index contributed by atoms with van der Waals surface area (Å²) >= 11 is 5.22. The maximum atomic E-state index is 5.22. The summed E-state index contributed by atoms with van der Waals surface area (Å²) in [5.41, 5.74) is 1.96. The SMILES string of the molecule is CCCc1n[nH]c(=S)n1-c1ccc(C)nc1. The third-order valence-electron chi connectivity index (χ3n) is 2.37. The van der Waals surface area contributed by atoms with Gasteiger partial charge in [-0.2, -0.15) is 5.10 Å². The molecule has 0 unspecified atom stereocenters. The number of nitrogens with one attached hydrogen (secondary N) is 1. The number of rotatable bonds is 3. The van der Waals surface area contributed by atoms with Crippen LogP contribution in [0.5, 0.6) is 0 Å². The molecule has 0 fully saturated rings. The number of aromatic nitrogens is 4. The van der Waals surface area contributed by atoms with E-state index < -0.39 is 0 Å². The molecule has 0 aromatic carbocycles. The summed E-state index contributed by atoms with van der Waals surface area (Å²) in [6.07, 6.45) is 3.76. The van der Waals surface area contributed by atoms with Crippen molar-refractivity contribution in [2.24, 2.45) is 0 Å². The van der Waals surface area contributed by atoms with Crippen molar-refractivity contribution in [2.45, 2.75) is 26.7 Å². The van der Waals surface area contributed by atoms with Gasteiger partial charge in [-0.1, -0.05) is 6.92 Å². The molecule has 0 radical (unpaired) electrons. The maximum absolute atomic E-state index is 5.22. The van der Waals surface area contributed by atoms with Crippen LogP contribution in [-0.2, 0) is 6.42 Å². The quantitative estimate of drug-likeness (QED) is 0.830. The lowest BCUT2D eigenvalue weighted by atomic mass is 10.3. The molecule has 0 aliphatic heterocycles. The number of nitrogens with zero attached hydrogens (tertiary/aromatic N) is 3. The first-order valence-electron chi connectivity index (χ1n) is 5.31. The molecule has 2 rings (SSSR count). The van der Waals surface area contributed by atoms with E-state index in [9.17, 15) is 0 Å².